The van der Waals surface area contributed by atoms with E-state index in [1.165, 1.54) is 5.56 Å². The van der Waals surface area contributed by atoms with E-state index in [1.807, 2.05) is 54.6 Å². The maximum atomic E-state index is 11.7. The van der Waals surface area contributed by atoms with Crippen molar-refractivity contribution in [3.63, 3.8) is 0 Å². The van der Waals surface area contributed by atoms with Crippen LogP contribution in [0.5, 0.6) is 5.75 Å². The van der Waals surface area contributed by atoms with E-state index < -0.39 is 6.09 Å². The number of rotatable bonds is 5. The molecule has 0 aliphatic carbocycles. The highest BCUT2D eigenvalue weighted by Crippen LogP contribution is 2.13. The van der Waals surface area contributed by atoms with Gasteiger partial charge in [0.2, 0.25) is 0 Å². The molecule has 0 radical (unpaired) electrons. The minimum Gasteiger partial charge on any atom is -0.410 e. The largest absolute Gasteiger partial charge is 0.412 e. The molecule has 3 heteroatoms. The fourth-order valence-electron chi connectivity index (χ4n) is 1.93. The summed E-state index contributed by atoms with van der Waals surface area (Å²) in [5.74, 6) is 0.565. The third kappa shape index (κ3) is 4.43. The van der Waals surface area contributed by atoms with Crippen molar-refractivity contribution in [1.82, 2.24) is 5.32 Å². The van der Waals surface area contributed by atoms with Crippen molar-refractivity contribution >= 4 is 6.09 Å². The summed E-state index contributed by atoms with van der Waals surface area (Å²) in [4.78, 5) is 11.7. The molecule has 0 heterocycles. The van der Waals surface area contributed by atoms with Crippen LogP contribution >= 0.6 is 0 Å². The van der Waals surface area contributed by atoms with Crippen molar-refractivity contribution in [3.05, 3.63) is 65.7 Å². The Bertz CT molecular complexity index is 535. The van der Waals surface area contributed by atoms with Crippen LogP contribution in [-0.2, 0) is 13.0 Å². The predicted molar refractivity (Wildman–Crippen MR) is 79.7 cm³/mol. The first-order valence-corrected chi connectivity index (χ1v) is 6.86. The molecule has 0 unspecified atom stereocenters. The Balaban J connectivity index is 1.82. The Morgan fingerprint density at radius 3 is 2.35 bits per heavy atom. The van der Waals surface area contributed by atoms with Crippen LogP contribution in [0.3, 0.4) is 0 Å². The van der Waals surface area contributed by atoms with Gasteiger partial charge in [-0.3, -0.25) is 0 Å². The zero-order valence-electron chi connectivity index (χ0n) is 11.6. The Morgan fingerprint density at radius 1 is 1.00 bits per heavy atom. The normalized spacial score (nSPS) is 10.1. The van der Waals surface area contributed by atoms with Crippen molar-refractivity contribution in [2.75, 3.05) is 0 Å². The topological polar surface area (TPSA) is 38.3 Å². The average Bonchev–Trinajstić information content (AvgIpc) is 2.49. The highest BCUT2D eigenvalue weighted by molar-refractivity contribution is 5.70. The maximum Gasteiger partial charge on any atom is 0.412 e. The van der Waals surface area contributed by atoms with Gasteiger partial charge in [-0.25, -0.2) is 4.79 Å². The van der Waals surface area contributed by atoms with Crippen LogP contribution in [0, 0.1) is 0 Å². The summed E-state index contributed by atoms with van der Waals surface area (Å²) in [6.07, 6.45) is 1.72. The van der Waals surface area contributed by atoms with E-state index in [1.54, 1.807) is 0 Å². The lowest BCUT2D eigenvalue weighted by molar-refractivity contribution is 0.200. The summed E-state index contributed by atoms with van der Waals surface area (Å²) < 4.78 is 5.22. The Kier molecular flexibility index (Phi) is 5.18. The van der Waals surface area contributed by atoms with Crippen LogP contribution in [0.25, 0.3) is 0 Å². The summed E-state index contributed by atoms with van der Waals surface area (Å²) in [5.41, 5.74) is 2.30. The fraction of sp³-hybridized carbons (Fsp3) is 0.235. The van der Waals surface area contributed by atoms with Gasteiger partial charge in [0.25, 0.3) is 0 Å². The Labute approximate surface area is 119 Å². The number of benzene rings is 2. The molecule has 0 saturated carbocycles. The minimum absolute atomic E-state index is 0.433. The number of hydrogen-bond acceptors (Lipinski definition) is 2. The fourth-order valence-corrected chi connectivity index (χ4v) is 1.93. The maximum absolute atomic E-state index is 11.7. The van der Waals surface area contributed by atoms with Crippen LogP contribution < -0.4 is 10.1 Å². The van der Waals surface area contributed by atoms with Crippen molar-refractivity contribution in [3.8, 4) is 5.75 Å². The number of carbonyl (C=O) groups is 1. The first kappa shape index (κ1) is 14.1. The van der Waals surface area contributed by atoms with Gasteiger partial charge in [-0.05, 0) is 29.7 Å². The van der Waals surface area contributed by atoms with E-state index >= 15 is 0 Å². The smallest absolute Gasteiger partial charge is 0.410 e. The lowest BCUT2D eigenvalue weighted by Crippen LogP contribution is -2.26. The summed E-state index contributed by atoms with van der Waals surface area (Å²) in [7, 11) is 0. The van der Waals surface area contributed by atoms with Gasteiger partial charge in [0.15, 0.2) is 0 Å². The molecule has 3 nitrogen and oxygen atoms in total. The third-order valence-electron chi connectivity index (χ3n) is 2.95. The molecule has 0 bridgehead atoms. The van der Waals surface area contributed by atoms with Crippen LogP contribution in [0.4, 0.5) is 4.79 Å². The van der Waals surface area contributed by atoms with Crippen LogP contribution in [0.1, 0.15) is 24.5 Å². The van der Waals surface area contributed by atoms with Gasteiger partial charge in [-0.15, -0.1) is 0 Å². The van der Waals surface area contributed by atoms with Crippen LogP contribution in [0.15, 0.2) is 54.6 Å². The number of hydrogen-bond donors (Lipinski definition) is 1. The molecule has 0 fully saturated rings. The molecule has 0 aliphatic rings. The molecule has 1 amide bonds. The monoisotopic (exact) mass is 269 g/mol. The van der Waals surface area contributed by atoms with Gasteiger partial charge in [-0.2, -0.15) is 0 Å². The number of amides is 1. The third-order valence-corrected chi connectivity index (χ3v) is 2.95. The van der Waals surface area contributed by atoms with Crippen LogP contribution in [-0.4, -0.2) is 6.09 Å². The van der Waals surface area contributed by atoms with E-state index in [-0.39, 0.29) is 0 Å². The van der Waals surface area contributed by atoms with Crippen molar-refractivity contribution in [1.29, 1.82) is 0 Å². The lowest BCUT2D eigenvalue weighted by atomic mass is 10.1. The second-order valence-corrected chi connectivity index (χ2v) is 4.62. The molecule has 0 saturated heterocycles. The predicted octanol–water partition coefficient (Wildman–Crippen LogP) is 3.93. The number of carbonyl (C=O) groups excluding carboxylic acids is 1. The summed E-state index contributed by atoms with van der Waals surface area (Å²) in [6, 6.07) is 17.4. The van der Waals surface area contributed by atoms with Crippen LogP contribution in [0.2, 0.25) is 0 Å². The van der Waals surface area contributed by atoms with E-state index in [2.05, 4.69) is 12.2 Å². The average molecular weight is 269 g/mol. The molecule has 0 atom stereocenters. The second kappa shape index (κ2) is 7.34. The minimum atomic E-state index is -0.433. The first-order valence-electron chi connectivity index (χ1n) is 6.86. The highest BCUT2D eigenvalue weighted by Gasteiger charge is 2.04. The molecule has 2 aromatic rings. The molecule has 104 valence electrons. The molecule has 0 aliphatic heterocycles. The molecule has 2 aromatic carbocycles. The number of aryl methyl sites for hydroxylation is 1. The molecular formula is C17H19NO2. The lowest BCUT2D eigenvalue weighted by Gasteiger charge is -2.07. The summed E-state index contributed by atoms with van der Waals surface area (Å²) >= 11 is 0. The molecular weight excluding hydrogens is 250 g/mol. The van der Waals surface area contributed by atoms with Crippen molar-refractivity contribution < 1.29 is 9.53 Å². The van der Waals surface area contributed by atoms with Gasteiger partial charge in [0.05, 0.1) is 0 Å². The van der Waals surface area contributed by atoms with E-state index in [0.717, 1.165) is 18.4 Å². The van der Waals surface area contributed by atoms with Crippen molar-refractivity contribution in [2.24, 2.45) is 0 Å². The van der Waals surface area contributed by atoms with E-state index in [0.29, 0.717) is 12.3 Å². The van der Waals surface area contributed by atoms with Gasteiger partial charge in [0, 0.05) is 6.54 Å². The number of ether oxygens (including phenoxy) is 1. The zero-order valence-corrected chi connectivity index (χ0v) is 11.6. The molecule has 0 spiro atoms. The Hall–Kier alpha value is -2.29. The number of nitrogens with one attached hydrogen (secondary N) is 1. The van der Waals surface area contributed by atoms with E-state index in [9.17, 15) is 4.79 Å². The second-order valence-electron chi connectivity index (χ2n) is 4.62. The van der Waals surface area contributed by atoms with Gasteiger partial charge in [-0.1, -0.05) is 55.8 Å². The van der Waals surface area contributed by atoms with E-state index in [4.69, 9.17) is 4.74 Å². The Morgan fingerprint density at radius 2 is 1.70 bits per heavy atom. The highest BCUT2D eigenvalue weighted by atomic mass is 16.5. The quantitative estimate of drug-likeness (QED) is 0.893. The van der Waals surface area contributed by atoms with Crippen molar-refractivity contribution in [2.45, 2.75) is 26.3 Å². The summed E-state index contributed by atoms with van der Waals surface area (Å²) in [6.45, 7) is 2.61. The van der Waals surface area contributed by atoms with Gasteiger partial charge < -0.3 is 10.1 Å². The summed E-state index contributed by atoms with van der Waals surface area (Å²) in [5, 5.41) is 2.73. The first-order chi connectivity index (χ1) is 9.78. The molecule has 0 aromatic heterocycles. The van der Waals surface area contributed by atoms with Gasteiger partial charge >= 0.3 is 6.09 Å². The van der Waals surface area contributed by atoms with Gasteiger partial charge in [0.1, 0.15) is 5.75 Å². The molecule has 1 N–H and O–H groups in total. The zero-order chi connectivity index (χ0) is 14.2. The molecule has 2 rings (SSSR count). The standard InChI is InChI=1S/C17H19NO2/c1-2-6-14-9-11-16(12-10-14)20-17(19)18-13-15-7-4-3-5-8-15/h3-5,7-12H,2,6,13H2,1H3,(H,18,19). The SMILES string of the molecule is CCCc1ccc(OC(=O)NCc2ccccc2)cc1. The molecule has 20 heavy (non-hydrogen) atoms.